The van der Waals surface area contributed by atoms with Gasteiger partial charge in [-0.05, 0) is 25.1 Å². The molecule has 9 heteroatoms. The van der Waals surface area contributed by atoms with Gasteiger partial charge in [0.05, 0.1) is 4.92 Å². The van der Waals surface area contributed by atoms with E-state index in [0.29, 0.717) is 0 Å². The van der Waals surface area contributed by atoms with Crippen molar-refractivity contribution in [2.75, 3.05) is 5.32 Å². The Morgan fingerprint density at radius 2 is 2.18 bits per heavy atom. The van der Waals surface area contributed by atoms with Crippen molar-refractivity contribution in [3.05, 3.63) is 62.8 Å². The molecule has 1 atom stereocenters. The van der Waals surface area contributed by atoms with Crippen molar-refractivity contribution in [3.63, 3.8) is 0 Å². The van der Waals surface area contributed by atoms with E-state index in [1.807, 2.05) is 0 Å². The number of hydrogen-bond acceptors (Lipinski definition) is 5. The number of nitrogens with one attached hydrogen (secondary N) is 1. The van der Waals surface area contributed by atoms with Crippen LogP contribution in [0.15, 0.2) is 41.3 Å². The molecule has 0 radical (unpaired) electrons. The Morgan fingerprint density at radius 1 is 1.45 bits per heavy atom. The maximum Gasteiger partial charge on any atom is 0.306 e. The molecule has 2 aromatic rings. The monoisotopic (exact) mass is 306 g/mol. The SMILES string of the molecule is CC(C(=O)Nc1ccc(F)c([N+](=O)[O-])c1)n1ncccc1=O. The van der Waals surface area contributed by atoms with Crippen molar-refractivity contribution in [2.24, 2.45) is 0 Å². The number of nitrogens with zero attached hydrogens (tertiary/aromatic N) is 3. The van der Waals surface area contributed by atoms with Crippen LogP contribution in [0.2, 0.25) is 0 Å². The van der Waals surface area contributed by atoms with Crippen LogP contribution in [0.3, 0.4) is 0 Å². The average Bonchev–Trinajstić information content (AvgIpc) is 2.48. The standard InChI is InChI=1S/C13H11FN4O4/c1-8(17-12(19)3-2-6-15-17)13(20)16-9-4-5-10(14)11(7-9)18(21)22/h2-8H,1H3,(H,16,20). The lowest BCUT2D eigenvalue weighted by Gasteiger charge is -2.13. The minimum atomic E-state index is -1.00. The molecule has 1 unspecified atom stereocenters. The summed E-state index contributed by atoms with van der Waals surface area (Å²) < 4.78 is 14.2. The predicted molar refractivity (Wildman–Crippen MR) is 74.9 cm³/mol. The molecule has 0 aliphatic heterocycles. The average molecular weight is 306 g/mol. The second-order valence-electron chi connectivity index (χ2n) is 4.39. The van der Waals surface area contributed by atoms with E-state index in [9.17, 15) is 24.1 Å². The van der Waals surface area contributed by atoms with Crippen LogP contribution in [0.25, 0.3) is 0 Å². The number of anilines is 1. The molecule has 0 fully saturated rings. The summed E-state index contributed by atoms with van der Waals surface area (Å²) in [4.78, 5) is 33.4. The number of nitro benzene ring substituents is 1. The number of hydrogen-bond donors (Lipinski definition) is 1. The van der Waals surface area contributed by atoms with E-state index in [-0.39, 0.29) is 5.69 Å². The smallest absolute Gasteiger partial charge is 0.306 e. The van der Waals surface area contributed by atoms with Gasteiger partial charge in [0.2, 0.25) is 11.7 Å². The summed E-state index contributed by atoms with van der Waals surface area (Å²) in [5.74, 6) is -1.61. The van der Waals surface area contributed by atoms with Gasteiger partial charge in [-0.1, -0.05) is 0 Å². The zero-order valence-corrected chi connectivity index (χ0v) is 11.4. The summed E-state index contributed by atoms with van der Waals surface area (Å²) in [5, 5.41) is 16.8. The number of nitro groups is 1. The van der Waals surface area contributed by atoms with Gasteiger partial charge in [0.25, 0.3) is 5.56 Å². The normalized spacial score (nSPS) is 11.7. The van der Waals surface area contributed by atoms with Crippen molar-refractivity contribution in [3.8, 4) is 0 Å². The van der Waals surface area contributed by atoms with Crippen molar-refractivity contribution in [1.29, 1.82) is 0 Å². The quantitative estimate of drug-likeness (QED) is 0.680. The Kier molecular flexibility index (Phi) is 4.25. The van der Waals surface area contributed by atoms with Gasteiger partial charge >= 0.3 is 5.69 Å². The first-order valence-corrected chi connectivity index (χ1v) is 6.19. The molecule has 1 aromatic carbocycles. The van der Waals surface area contributed by atoms with Crippen LogP contribution in [0, 0.1) is 15.9 Å². The first-order valence-electron chi connectivity index (χ1n) is 6.19. The third kappa shape index (κ3) is 3.14. The first kappa shape index (κ1) is 15.3. The number of halogens is 1. The summed E-state index contributed by atoms with van der Waals surface area (Å²) in [6.07, 6.45) is 1.36. The van der Waals surface area contributed by atoms with Crippen molar-refractivity contribution < 1.29 is 14.1 Å². The molecule has 0 saturated heterocycles. The Balaban J connectivity index is 2.22. The van der Waals surface area contributed by atoms with E-state index in [1.165, 1.54) is 31.3 Å². The number of carbonyl (C=O) groups is 1. The van der Waals surface area contributed by atoms with Gasteiger partial charge in [-0.3, -0.25) is 19.7 Å². The summed E-state index contributed by atoms with van der Waals surface area (Å²) >= 11 is 0. The predicted octanol–water partition coefficient (Wildman–Crippen LogP) is 1.49. The van der Waals surface area contributed by atoms with Crippen molar-refractivity contribution in [2.45, 2.75) is 13.0 Å². The zero-order chi connectivity index (χ0) is 16.3. The molecule has 0 aliphatic rings. The van der Waals surface area contributed by atoms with E-state index in [2.05, 4.69) is 10.4 Å². The lowest BCUT2D eigenvalue weighted by Crippen LogP contribution is -2.32. The second-order valence-corrected chi connectivity index (χ2v) is 4.39. The van der Waals surface area contributed by atoms with Crippen LogP contribution in [0.5, 0.6) is 0 Å². The van der Waals surface area contributed by atoms with Gasteiger partial charge in [-0.25, -0.2) is 4.68 Å². The minimum absolute atomic E-state index is 0.0499. The molecular formula is C13H11FN4O4. The molecule has 1 amide bonds. The van der Waals surface area contributed by atoms with Crippen molar-refractivity contribution in [1.82, 2.24) is 9.78 Å². The van der Waals surface area contributed by atoms with Crippen molar-refractivity contribution >= 4 is 17.3 Å². The highest BCUT2D eigenvalue weighted by Crippen LogP contribution is 2.22. The maximum absolute atomic E-state index is 13.2. The Labute approximate surface area is 123 Å². The molecule has 0 bridgehead atoms. The summed E-state index contributed by atoms with van der Waals surface area (Å²) in [7, 11) is 0. The topological polar surface area (TPSA) is 107 Å². The number of carbonyl (C=O) groups excluding carboxylic acids is 1. The lowest BCUT2D eigenvalue weighted by molar-refractivity contribution is -0.387. The fourth-order valence-corrected chi connectivity index (χ4v) is 1.75. The molecule has 0 aliphatic carbocycles. The van der Waals surface area contributed by atoms with E-state index in [0.717, 1.165) is 16.8 Å². The Morgan fingerprint density at radius 3 is 2.82 bits per heavy atom. The molecule has 8 nitrogen and oxygen atoms in total. The molecule has 1 N–H and O–H groups in total. The zero-order valence-electron chi connectivity index (χ0n) is 11.4. The van der Waals surface area contributed by atoms with E-state index in [1.54, 1.807) is 0 Å². The van der Waals surface area contributed by atoms with Gasteiger partial charge in [-0.2, -0.15) is 9.49 Å². The molecule has 0 saturated carbocycles. The van der Waals surface area contributed by atoms with E-state index in [4.69, 9.17) is 0 Å². The molecule has 2 rings (SSSR count). The molecule has 1 aromatic heterocycles. The molecule has 1 heterocycles. The largest absolute Gasteiger partial charge is 0.324 e. The van der Waals surface area contributed by atoms with Crippen LogP contribution in [0.1, 0.15) is 13.0 Å². The number of amides is 1. The lowest BCUT2D eigenvalue weighted by atomic mass is 10.2. The van der Waals surface area contributed by atoms with Gasteiger partial charge in [0.1, 0.15) is 6.04 Å². The summed E-state index contributed by atoms with van der Waals surface area (Å²) in [5.41, 5.74) is -1.16. The first-order chi connectivity index (χ1) is 10.4. The van der Waals surface area contributed by atoms with Crippen LogP contribution in [-0.2, 0) is 4.79 Å². The van der Waals surface area contributed by atoms with Gasteiger partial charge in [-0.15, -0.1) is 0 Å². The number of benzene rings is 1. The van der Waals surface area contributed by atoms with Crippen LogP contribution in [-0.4, -0.2) is 20.6 Å². The molecule has 114 valence electrons. The van der Waals surface area contributed by atoms with Crippen LogP contribution < -0.4 is 10.9 Å². The third-order valence-corrected chi connectivity index (χ3v) is 2.90. The Bertz CT molecular complexity index is 790. The molecule has 22 heavy (non-hydrogen) atoms. The highest BCUT2D eigenvalue weighted by atomic mass is 19.1. The van der Waals surface area contributed by atoms with Crippen LogP contribution in [0.4, 0.5) is 15.8 Å². The fourth-order valence-electron chi connectivity index (χ4n) is 1.75. The second kappa shape index (κ2) is 6.12. The summed E-state index contributed by atoms with van der Waals surface area (Å²) in [6.45, 7) is 1.45. The van der Waals surface area contributed by atoms with Gasteiger partial charge in [0, 0.05) is 24.0 Å². The van der Waals surface area contributed by atoms with E-state index < -0.39 is 33.9 Å². The number of rotatable bonds is 4. The van der Waals surface area contributed by atoms with Crippen LogP contribution >= 0.6 is 0 Å². The highest BCUT2D eigenvalue weighted by molar-refractivity contribution is 5.93. The van der Waals surface area contributed by atoms with E-state index >= 15 is 0 Å². The molecular weight excluding hydrogens is 295 g/mol. The Hall–Kier alpha value is -3.10. The van der Waals surface area contributed by atoms with Gasteiger partial charge < -0.3 is 5.32 Å². The highest BCUT2D eigenvalue weighted by Gasteiger charge is 2.19. The number of aromatic nitrogens is 2. The maximum atomic E-state index is 13.2. The van der Waals surface area contributed by atoms with Gasteiger partial charge in [0.15, 0.2) is 0 Å². The molecule has 0 spiro atoms. The fraction of sp³-hybridized carbons (Fsp3) is 0.154. The summed E-state index contributed by atoms with van der Waals surface area (Å²) in [6, 6.07) is 4.73. The third-order valence-electron chi connectivity index (χ3n) is 2.90. The minimum Gasteiger partial charge on any atom is -0.324 e.